The van der Waals surface area contributed by atoms with Crippen LogP contribution in [0.2, 0.25) is 5.02 Å². The summed E-state index contributed by atoms with van der Waals surface area (Å²) >= 11 is 5.99. The lowest BCUT2D eigenvalue weighted by Gasteiger charge is -2.32. The van der Waals surface area contributed by atoms with E-state index in [0.29, 0.717) is 22.3 Å². The number of carbonyl (C=O) groups is 1. The Hall–Kier alpha value is -1.22. The molecule has 4 heteroatoms. The summed E-state index contributed by atoms with van der Waals surface area (Å²) < 4.78 is 5.26. The molecular formula is C19H32ClNO2. The van der Waals surface area contributed by atoms with E-state index in [0.717, 1.165) is 25.9 Å². The van der Waals surface area contributed by atoms with Gasteiger partial charge >= 0.3 is 0 Å². The molecule has 0 N–H and O–H groups in total. The van der Waals surface area contributed by atoms with E-state index in [1.54, 1.807) is 25.3 Å². The monoisotopic (exact) mass is 341 g/mol. The normalized spacial score (nSPS) is 16.5. The third-order valence-corrected chi connectivity index (χ3v) is 4.01. The number of nitrogens with zero attached hydrogens (tertiary/aromatic N) is 1. The van der Waals surface area contributed by atoms with Crippen molar-refractivity contribution < 1.29 is 9.53 Å². The predicted octanol–water partition coefficient (Wildman–Crippen LogP) is 5.66. The average molecular weight is 342 g/mol. The number of rotatable bonds is 3. The van der Waals surface area contributed by atoms with Crippen LogP contribution in [0, 0.1) is 5.92 Å². The molecule has 1 aliphatic rings. The van der Waals surface area contributed by atoms with Crippen LogP contribution in [-0.4, -0.2) is 31.0 Å². The Bertz CT molecular complexity index is 463. The maximum absolute atomic E-state index is 12.6. The van der Waals surface area contributed by atoms with Crippen molar-refractivity contribution in [2.75, 3.05) is 20.2 Å². The van der Waals surface area contributed by atoms with Gasteiger partial charge in [-0.15, -0.1) is 0 Å². The second kappa shape index (κ2) is 12.2. The highest BCUT2D eigenvalue weighted by molar-refractivity contribution is 6.31. The standard InChI is InChI=1S/C15H20ClNO2.2C2H6/c1-3-11-5-4-8-17(10-11)15(18)13-9-12(16)6-7-14(13)19-2;2*1-2/h6-7,9,11H,3-5,8,10H2,1-2H3;2*1-2H3. The first kappa shape index (κ1) is 21.8. The molecule has 2 rings (SSSR count). The molecule has 0 bridgehead atoms. The van der Waals surface area contributed by atoms with Crippen LogP contribution in [0.4, 0.5) is 0 Å². The Morgan fingerprint density at radius 3 is 2.52 bits per heavy atom. The quantitative estimate of drug-likeness (QED) is 0.709. The number of halogens is 1. The molecule has 0 radical (unpaired) electrons. The molecule has 0 spiro atoms. The molecule has 1 saturated heterocycles. The molecule has 1 amide bonds. The van der Waals surface area contributed by atoms with Crippen LogP contribution >= 0.6 is 11.6 Å². The molecule has 1 aromatic carbocycles. The molecule has 1 heterocycles. The lowest BCUT2D eigenvalue weighted by Crippen LogP contribution is -2.39. The van der Waals surface area contributed by atoms with Crippen LogP contribution in [0.15, 0.2) is 18.2 Å². The van der Waals surface area contributed by atoms with Gasteiger partial charge in [-0.25, -0.2) is 0 Å². The Kier molecular flexibility index (Phi) is 11.6. The number of amides is 1. The van der Waals surface area contributed by atoms with E-state index in [1.807, 2.05) is 32.6 Å². The highest BCUT2D eigenvalue weighted by atomic mass is 35.5. The fourth-order valence-corrected chi connectivity index (χ4v) is 2.77. The zero-order chi connectivity index (χ0) is 17.8. The number of ether oxygens (including phenoxy) is 1. The molecular weight excluding hydrogens is 310 g/mol. The molecule has 0 saturated carbocycles. The highest BCUT2D eigenvalue weighted by Crippen LogP contribution is 2.27. The van der Waals surface area contributed by atoms with Gasteiger partial charge in [0.2, 0.25) is 0 Å². The van der Waals surface area contributed by atoms with E-state index in [9.17, 15) is 4.79 Å². The lowest BCUT2D eigenvalue weighted by atomic mass is 9.95. The first-order chi connectivity index (χ1) is 11.2. The van der Waals surface area contributed by atoms with E-state index < -0.39 is 0 Å². The lowest BCUT2D eigenvalue weighted by molar-refractivity contribution is 0.0668. The van der Waals surface area contributed by atoms with E-state index in [1.165, 1.54) is 6.42 Å². The summed E-state index contributed by atoms with van der Waals surface area (Å²) in [6, 6.07) is 5.18. The van der Waals surface area contributed by atoms with E-state index >= 15 is 0 Å². The van der Waals surface area contributed by atoms with Gasteiger partial charge in [0.25, 0.3) is 5.91 Å². The summed E-state index contributed by atoms with van der Waals surface area (Å²) in [5.41, 5.74) is 0.562. The topological polar surface area (TPSA) is 29.5 Å². The third-order valence-electron chi connectivity index (χ3n) is 3.78. The summed E-state index contributed by atoms with van der Waals surface area (Å²) in [5, 5.41) is 0.563. The molecule has 1 fully saturated rings. The van der Waals surface area contributed by atoms with Gasteiger partial charge in [-0.05, 0) is 37.0 Å². The third kappa shape index (κ3) is 6.42. The molecule has 1 atom stereocenters. The van der Waals surface area contributed by atoms with E-state index in [4.69, 9.17) is 16.3 Å². The van der Waals surface area contributed by atoms with Crippen molar-refractivity contribution in [1.82, 2.24) is 4.90 Å². The number of benzene rings is 1. The molecule has 1 unspecified atom stereocenters. The van der Waals surface area contributed by atoms with Crippen molar-refractivity contribution in [2.45, 2.75) is 53.9 Å². The Morgan fingerprint density at radius 1 is 1.30 bits per heavy atom. The minimum Gasteiger partial charge on any atom is -0.496 e. The predicted molar refractivity (Wildman–Crippen MR) is 99.6 cm³/mol. The molecule has 0 aliphatic carbocycles. The summed E-state index contributed by atoms with van der Waals surface area (Å²) in [5.74, 6) is 1.23. The van der Waals surface area contributed by atoms with Crippen LogP contribution < -0.4 is 4.74 Å². The highest BCUT2D eigenvalue weighted by Gasteiger charge is 2.25. The maximum Gasteiger partial charge on any atom is 0.257 e. The van der Waals surface area contributed by atoms with Crippen LogP contribution in [0.25, 0.3) is 0 Å². The summed E-state index contributed by atoms with van der Waals surface area (Å²) in [7, 11) is 1.57. The number of methoxy groups -OCH3 is 1. The van der Waals surface area contributed by atoms with Crippen LogP contribution in [0.5, 0.6) is 5.75 Å². The van der Waals surface area contributed by atoms with Crippen molar-refractivity contribution in [3.05, 3.63) is 28.8 Å². The SMILES string of the molecule is CC.CC.CCC1CCCN(C(=O)c2cc(Cl)ccc2OC)C1. The van der Waals surface area contributed by atoms with Crippen molar-refractivity contribution >= 4 is 17.5 Å². The molecule has 3 nitrogen and oxygen atoms in total. The van der Waals surface area contributed by atoms with Crippen LogP contribution in [0.3, 0.4) is 0 Å². The minimum atomic E-state index is 0.0255. The van der Waals surface area contributed by atoms with Gasteiger partial charge in [0.15, 0.2) is 0 Å². The fraction of sp³-hybridized carbons (Fsp3) is 0.632. The Labute approximate surface area is 147 Å². The Balaban J connectivity index is 0.00000112. The summed E-state index contributed by atoms with van der Waals surface area (Å²) in [6.45, 7) is 11.8. The molecule has 132 valence electrons. The molecule has 1 aromatic rings. The first-order valence-electron chi connectivity index (χ1n) is 8.78. The van der Waals surface area contributed by atoms with Crippen molar-refractivity contribution in [2.24, 2.45) is 5.92 Å². The first-order valence-corrected chi connectivity index (χ1v) is 9.16. The van der Waals surface area contributed by atoms with Crippen LogP contribution in [-0.2, 0) is 0 Å². The number of carbonyl (C=O) groups excluding carboxylic acids is 1. The van der Waals surface area contributed by atoms with Crippen molar-refractivity contribution in [1.29, 1.82) is 0 Å². The Morgan fingerprint density at radius 2 is 1.96 bits per heavy atom. The average Bonchev–Trinajstić information content (AvgIpc) is 2.64. The number of hydrogen-bond acceptors (Lipinski definition) is 2. The van der Waals surface area contributed by atoms with E-state index in [-0.39, 0.29) is 5.91 Å². The largest absolute Gasteiger partial charge is 0.496 e. The van der Waals surface area contributed by atoms with Gasteiger partial charge in [-0.1, -0.05) is 52.6 Å². The number of piperidine rings is 1. The van der Waals surface area contributed by atoms with Gasteiger partial charge in [-0.3, -0.25) is 4.79 Å². The van der Waals surface area contributed by atoms with Gasteiger partial charge in [-0.2, -0.15) is 0 Å². The van der Waals surface area contributed by atoms with Crippen molar-refractivity contribution in [3.63, 3.8) is 0 Å². The van der Waals surface area contributed by atoms with Gasteiger partial charge in [0.05, 0.1) is 12.7 Å². The zero-order valence-electron chi connectivity index (χ0n) is 15.5. The summed E-state index contributed by atoms with van der Waals surface area (Å²) in [4.78, 5) is 14.5. The van der Waals surface area contributed by atoms with Gasteiger partial charge in [0, 0.05) is 18.1 Å². The number of hydrogen-bond donors (Lipinski definition) is 0. The second-order valence-corrected chi connectivity index (χ2v) is 5.45. The smallest absolute Gasteiger partial charge is 0.257 e. The van der Waals surface area contributed by atoms with Gasteiger partial charge in [0.1, 0.15) is 5.75 Å². The number of likely N-dealkylation sites (tertiary alicyclic amines) is 1. The fourth-order valence-electron chi connectivity index (χ4n) is 2.60. The molecule has 0 aromatic heterocycles. The van der Waals surface area contributed by atoms with Gasteiger partial charge < -0.3 is 9.64 Å². The molecule has 1 aliphatic heterocycles. The van der Waals surface area contributed by atoms with Crippen molar-refractivity contribution in [3.8, 4) is 5.75 Å². The second-order valence-electron chi connectivity index (χ2n) is 5.01. The minimum absolute atomic E-state index is 0.0255. The molecule has 23 heavy (non-hydrogen) atoms. The zero-order valence-corrected chi connectivity index (χ0v) is 16.2. The summed E-state index contributed by atoms with van der Waals surface area (Å²) in [6.07, 6.45) is 3.41. The van der Waals surface area contributed by atoms with E-state index in [2.05, 4.69) is 6.92 Å². The maximum atomic E-state index is 12.6. The van der Waals surface area contributed by atoms with Crippen LogP contribution in [0.1, 0.15) is 64.2 Å².